The van der Waals surface area contributed by atoms with Crippen LogP contribution in [0.5, 0.6) is 0 Å². The van der Waals surface area contributed by atoms with Crippen molar-refractivity contribution >= 4 is 11.6 Å². The Kier molecular flexibility index (Phi) is 3.92. The van der Waals surface area contributed by atoms with Crippen LogP contribution in [0, 0.1) is 12.7 Å². The lowest BCUT2D eigenvalue weighted by Gasteiger charge is -2.07. The lowest BCUT2D eigenvalue weighted by atomic mass is 10.1. The van der Waals surface area contributed by atoms with Crippen LogP contribution in [0.1, 0.15) is 29.6 Å². The number of benzene rings is 1. The van der Waals surface area contributed by atoms with Crippen molar-refractivity contribution in [2.45, 2.75) is 26.7 Å². The van der Waals surface area contributed by atoms with E-state index < -0.39 is 0 Å². The molecule has 0 atom stereocenters. The van der Waals surface area contributed by atoms with Crippen LogP contribution in [-0.2, 0) is 12.8 Å². The van der Waals surface area contributed by atoms with E-state index in [0.717, 1.165) is 23.2 Å². The highest BCUT2D eigenvalue weighted by Crippen LogP contribution is 2.17. The Morgan fingerprint density at radius 3 is 2.72 bits per heavy atom. The van der Waals surface area contributed by atoms with E-state index in [1.807, 2.05) is 19.9 Å². The van der Waals surface area contributed by atoms with Gasteiger partial charge in [0.25, 0.3) is 0 Å². The largest absolute Gasteiger partial charge is 0.237 e. The van der Waals surface area contributed by atoms with Gasteiger partial charge in [0.15, 0.2) is 0 Å². The molecule has 1 aromatic carbocycles. The minimum Gasteiger partial charge on any atom is -0.237 e. The van der Waals surface area contributed by atoms with Crippen molar-refractivity contribution in [3.63, 3.8) is 0 Å². The molecule has 0 saturated heterocycles. The summed E-state index contributed by atoms with van der Waals surface area (Å²) in [5, 5.41) is 0.480. The first-order valence-electron chi connectivity index (χ1n) is 5.86. The number of nitrogens with zero attached hydrogens (tertiary/aromatic N) is 2. The Morgan fingerprint density at radius 1 is 1.28 bits per heavy atom. The maximum atomic E-state index is 13.1. The first kappa shape index (κ1) is 13.0. The summed E-state index contributed by atoms with van der Waals surface area (Å²) in [4.78, 5) is 8.70. The van der Waals surface area contributed by atoms with Crippen molar-refractivity contribution in [1.29, 1.82) is 0 Å². The van der Waals surface area contributed by atoms with Gasteiger partial charge in [-0.15, -0.1) is 0 Å². The van der Waals surface area contributed by atoms with Gasteiger partial charge in [0.2, 0.25) is 0 Å². The molecule has 94 valence electrons. The first-order chi connectivity index (χ1) is 8.60. The first-order valence-corrected chi connectivity index (χ1v) is 6.24. The Morgan fingerprint density at radius 2 is 2.06 bits per heavy atom. The number of aryl methyl sites for hydroxylation is 1. The van der Waals surface area contributed by atoms with Crippen LogP contribution in [0.3, 0.4) is 0 Å². The predicted octanol–water partition coefficient (Wildman–Crippen LogP) is 3.73. The van der Waals surface area contributed by atoms with Crippen LogP contribution in [-0.4, -0.2) is 9.97 Å². The highest BCUT2D eigenvalue weighted by molar-refractivity contribution is 6.30. The summed E-state index contributed by atoms with van der Waals surface area (Å²) in [5.74, 6) is 0.384. The molecule has 18 heavy (non-hydrogen) atoms. The molecule has 1 aromatic heterocycles. The highest BCUT2D eigenvalue weighted by Gasteiger charge is 2.08. The zero-order valence-electron chi connectivity index (χ0n) is 10.4. The molecule has 0 radical (unpaired) electrons. The second-order valence-corrected chi connectivity index (χ2v) is 4.52. The standard InChI is InChI=1S/C14H14ClFN2/c1-3-12-9(2)14(15)18-13(17-12)8-10-5-4-6-11(16)7-10/h4-7H,3,8H2,1-2H3. The maximum Gasteiger partial charge on any atom is 0.135 e. The SMILES string of the molecule is CCc1nc(Cc2cccc(F)c2)nc(Cl)c1C. The summed E-state index contributed by atoms with van der Waals surface area (Å²) < 4.78 is 13.1. The number of rotatable bonds is 3. The molecule has 0 fully saturated rings. The molecule has 1 heterocycles. The lowest BCUT2D eigenvalue weighted by Crippen LogP contribution is -2.03. The van der Waals surface area contributed by atoms with Crippen LogP contribution >= 0.6 is 11.6 Å². The Labute approximate surface area is 111 Å². The molecule has 0 spiro atoms. The molecule has 2 aromatic rings. The smallest absolute Gasteiger partial charge is 0.135 e. The van der Waals surface area contributed by atoms with Crippen LogP contribution in [0.4, 0.5) is 4.39 Å². The molecule has 2 nitrogen and oxygen atoms in total. The van der Waals surface area contributed by atoms with Crippen molar-refractivity contribution in [1.82, 2.24) is 9.97 Å². The van der Waals surface area contributed by atoms with E-state index in [1.54, 1.807) is 6.07 Å². The average Bonchev–Trinajstić information content (AvgIpc) is 2.33. The van der Waals surface area contributed by atoms with Crippen molar-refractivity contribution in [2.75, 3.05) is 0 Å². The third-order valence-electron chi connectivity index (χ3n) is 2.82. The monoisotopic (exact) mass is 264 g/mol. The summed E-state index contributed by atoms with van der Waals surface area (Å²) in [6, 6.07) is 6.44. The van der Waals surface area contributed by atoms with Gasteiger partial charge in [0, 0.05) is 17.7 Å². The summed E-state index contributed by atoms with van der Waals surface area (Å²) in [7, 11) is 0. The Bertz CT molecular complexity index is 570. The third-order valence-corrected chi connectivity index (χ3v) is 3.19. The zero-order valence-corrected chi connectivity index (χ0v) is 11.1. The minimum absolute atomic E-state index is 0.249. The van der Waals surface area contributed by atoms with Crippen LogP contribution in [0.15, 0.2) is 24.3 Å². The van der Waals surface area contributed by atoms with E-state index >= 15 is 0 Å². The lowest BCUT2D eigenvalue weighted by molar-refractivity contribution is 0.625. The minimum atomic E-state index is -0.249. The molecule has 0 aliphatic heterocycles. The topological polar surface area (TPSA) is 25.8 Å². The van der Waals surface area contributed by atoms with Crippen LogP contribution < -0.4 is 0 Å². The molecular formula is C14H14ClFN2. The zero-order chi connectivity index (χ0) is 13.1. The van der Waals surface area contributed by atoms with Gasteiger partial charge in [-0.1, -0.05) is 30.7 Å². The van der Waals surface area contributed by atoms with Crippen LogP contribution in [0.25, 0.3) is 0 Å². The Balaban J connectivity index is 2.32. The second-order valence-electron chi connectivity index (χ2n) is 4.16. The maximum absolute atomic E-state index is 13.1. The van der Waals surface area contributed by atoms with Gasteiger partial charge >= 0.3 is 0 Å². The Hall–Kier alpha value is -1.48. The fourth-order valence-electron chi connectivity index (χ4n) is 1.83. The van der Waals surface area contributed by atoms with E-state index in [-0.39, 0.29) is 5.82 Å². The van der Waals surface area contributed by atoms with Crippen LogP contribution in [0.2, 0.25) is 5.15 Å². The van der Waals surface area contributed by atoms with Gasteiger partial charge < -0.3 is 0 Å². The van der Waals surface area contributed by atoms with E-state index in [9.17, 15) is 4.39 Å². The van der Waals surface area contributed by atoms with Gasteiger partial charge in [-0.25, -0.2) is 14.4 Å². The molecule has 0 aliphatic carbocycles. The summed E-state index contributed by atoms with van der Waals surface area (Å²) in [6.45, 7) is 3.94. The van der Waals surface area contributed by atoms with E-state index in [1.165, 1.54) is 12.1 Å². The highest BCUT2D eigenvalue weighted by atomic mass is 35.5. The molecule has 0 bridgehead atoms. The molecular weight excluding hydrogens is 251 g/mol. The average molecular weight is 265 g/mol. The van der Waals surface area contributed by atoms with Crippen molar-refractivity contribution in [2.24, 2.45) is 0 Å². The fraction of sp³-hybridized carbons (Fsp3) is 0.286. The number of halogens is 2. The molecule has 0 amide bonds. The molecule has 4 heteroatoms. The van der Waals surface area contributed by atoms with Gasteiger partial charge in [0.05, 0.1) is 0 Å². The van der Waals surface area contributed by atoms with E-state index in [0.29, 0.717) is 17.4 Å². The molecule has 0 N–H and O–H groups in total. The number of hydrogen-bond donors (Lipinski definition) is 0. The molecule has 0 aliphatic rings. The second kappa shape index (κ2) is 5.44. The summed E-state index contributed by atoms with van der Waals surface area (Å²) in [6.07, 6.45) is 1.30. The fourth-order valence-corrected chi connectivity index (χ4v) is 2.04. The van der Waals surface area contributed by atoms with E-state index in [4.69, 9.17) is 11.6 Å². The van der Waals surface area contributed by atoms with Gasteiger partial charge in [-0.05, 0) is 31.0 Å². The predicted molar refractivity (Wildman–Crippen MR) is 70.4 cm³/mol. The van der Waals surface area contributed by atoms with Crippen molar-refractivity contribution in [3.8, 4) is 0 Å². The van der Waals surface area contributed by atoms with Gasteiger partial charge in [-0.3, -0.25) is 0 Å². The van der Waals surface area contributed by atoms with Crippen molar-refractivity contribution in [3.05, 3.63) is 57.9 Å². The third kappa shape index (κ3) is 2.85. The summed E-state index contributed by atoms with van der Waals surface area (Å²) in [5.41, 5.74) is 2.71. The normalized spacial score (nSPS) is 10.7. The molecule has 2 rings (SSSR count). The molecule has 0 saturated carbocycles. The number of hydrogen-bond acceptors (Lipinski definition) is 2. The quantitative estimate of drug-likeness (QED) is 0.790. The van der Waals surface area contributed by atoms with Gasteiger partial charge in [0.1, 0.15) is 16.8 Å². The number of aromatic nitrogens is 2. The van der Waals surface area contributed by atoms with E-state index in [2.05, 4.69) is 9.97 Å². The summed E-state index contributed by atoms with van der Waals surface area (Å²) >= 11 is 6.07. The van der Waals surface area contributed by atoms with Crippen molar-refractivity contribution < 1.29 is 4.39 Å². The van der Waals surface area contributed by atoms with Gasteiger partial charge in [-0.2, -0.15) is 0 Å². The molecule has 0 unspecified atom stereocenters.